The molecule has 1 amide bonds. The van der Waals surface area contributed by atoms with Gasteiger partial charge in [-0.25, -0.2) is 0 Å². The lowest BCUT2D eigenvalue weighted by Crippen LogP contribution is -2.53. The van der Waals surface area contributed by atoms with Gasteiger partial charge in [-0.3, -0.25) is 9.59 Å². The summed E-state index contributed by atoms with van der Waals surface area (Å²) in [7, 11) is 0. The number of nitrogens with zero attached hydrogens (tertiary/aromatic N) is 2. The summed E-state index contributed by atoms with van der Waals surface area (Å²) < 4.78 is 10.8. The Labute approximate surface area is 214 Å². The van der Waals surface area contributed by atoms with Crippen molar-refractivity contribution in [1.82, 2.24) is 4.90 Å². The highest BCUT2D eigenvalue weighted by Crippen LogP contribution is 2.30. The van der Waals surface area contributed by atoms with Gasteiger partial charge in [-0.05, 0) is 43.3 Å². The summed E-state index contributed by atoms with van der Waals surface area (Å²) in [5.41, 5.74) is 1.61. The van der Waals surface area contributed by atoms with Crippen LogP contribution in [-0.4, -0.2) is 67.5 Å². The zero-order valence-electron chi connectivity index (χ0n) is 19.0. The molecule has 1 atom stereocenters. The highest BCUT2D eigenvalue weighted by atomic mass is 35.5. The van der Waals surface area contributed by atoms with Gasteiger partial charge >= 0.3 is 5.97 Å². The molecule has 2 fully saturated rings. The number of rotatable bonds is 6. The van der Waals surface area contributed by atoms with E-state index in [1.165, 1.54) is 11.8 Å². The van der Waals surface area contributed by atoms with E-state index >= 15 is 0 Å². The second-order valence-electron chi connectivity index (χ2n) is 8.51. The number of benzene rings is 2. The van der Waals surface area contributed by atoms with E-state index in [1.807, 2.05) is 29.2 Å². The Kier molecular flexibility index (Phi) is 8.64. The fraction of sp³-hybridized carbons (Fsp3) is 0.440. The Morgan fingerprint density at radius 1 is 1.12 bits per heavy atom. The third-order valence-electron chi connectivity index (χ3n) is 6.05. The van der Waals surface area contributed by atoms with E-state index in [0.29, 0.717) is 41.9 Å². The van der Waals surface area contributed by atoms with E-state index in [2.05, 4.69) is 11.8 Å². The molecule has 2 aromatic carbocycles. The minimum Gasteiger partial charge on any atom is -0.462 e. The number of halogens is 2. The van der Waals surface area contributed by atoms with E-state index in [0.717, 1.165) is 30.0 Å². The molecule has 0 spiro atoms. The molecule has 182 valence electrons. The molecule has 4 rings (SSSR count). The summed E-state index contributed by atoms with van der Waals surface area (Å²) in [6.07, 6.45) is 1.40. The number of esters is 1. The van der Waals surface area contributed by atoms with Crippen molar-refractivity contribution in [3.05, 3.63) is 58.1 Å². The maximum Gasteiger partial charge on any atom is 0.316 e. The number of hydrogen-bond acceptors (Lipinski definition) is 6. The van der Waals surface area contributed by atoms with Crippen LogP contribution in [-0.2, 0) is 14.3 Å². The van der Waals surface area contributed by atoms with Crippen LogP contribution < -0.4 is 4.90 Å². The molecular formula is C25H28Cl2N2O4S. The first-order valence-electron chi connectivity index (χ1n) is 11.4. The minimum absolute atomic E-state index is 0.0463. The Morgan fingerprint density at radius 2 is 1.91 bits per heavy atom. The van der Waals surface area contributed by atoms with Crippen LogP contribution in [0.1, 0.15) is 30.1 Å². The first kappa shape index (κ1) is 25.2. The fourth-order valence-corrected chi connectivity index (χ4v) is 5.50. The second kappa shape index (κ2) is 11.7. The molecule has 2 heterocycles. The summed E-state index contributed by atoms with van der Waals surface area (Å²) in [4.78, 5) is 30.2. The average molecular weight is 523 g/mol. The van der Waals surface area contributed by atoms with Crippen LogP contribution >= 0.6 is 35.0 Å². The van der Waals surface area contributed by atoms with Gasteiger partial charge in [-0.2, -0.15) is 0 Å². The summed E-state index contributed by atoms with van der Waals surface area (Å²) in [6, 6.07) is 13.2. The van der Waals surface area contributed by atoms with Crippen LogP contribution in [0.3, 0.4) is 0 Å². The number of amides is 1. The predicted octanol–water partition coefficient (Wildman–Crippen LogP) is 5.16. The van der Waals surface area contributed by atoms with E-state index < -0.39 is 0 Å². The molecule has 6 nitrogen and oxygen atoms in total. The van der Waals surface area contributed by atoms with Gasteiger partial charge in [0.2, 0.25) is 0 Å². The van der Waals surface area contributed by atoms with E-state index in [9.17, 15) is 9.59 Å². The van der Waals surface area contributed by atoms with Crippen LogP contribution in [0.5, 0.6) is 0 Å². The molecule has 2 saturated heterocycles. The number of anilines is 1. The molecule has 1 unspecified atom stereocenters. The SMILES string of the molecule is CC1CN(C(=O)c2ccc(SCC(=O)OC3CCOCC3)c(Cl)c2)CCN1c1cccc(Cl)c1. The van der Waals surface area contributed by atoms with Crippen LogP contribution in [0.2, 0.25) is 10.0 Å². The maximum atomic E-state index is 13.1. The smallest absolute Gasteiger partial charge is 0.316 e. The molecule has 2 aromatic rings. The first-order valence-corrected chi connectivity index (χ1v) is 13.2. The lowest BCUT2D eigenvalue weighted by Gasteiger charge is -2.41. The Hall–Kier alpha value is -1.93. The third-order valence-corrected chi connectivity index (χ3v) is 7.75. The van der Waals surface area contributed by atoms with Crippen molar-refractivity contribution in [2.75, 3.05) is 43.5 Å². The lowest BCUT2D eigenvalue weighted by atomic mass is 10.1. The van der Waals surface area contributed by atoms with Crippen molar-refractivity contribution in [2.45, 2.75) is 36.8 Å². The second-order valence-corrected chi connectivity index (χ2v) is 10.4. The number of thioether (sulfide) groups is 1. The number of piperazine rings is 1. The summed E-state index contributed by atoms with van der Waals surface area (Å²) in [5.74, 6) is -0.137. The van der Waals surface area contributed by atoms with Crippen LogP contribution in [0, 0.1) is 0 Å². The lowest BCUT2D eigenvalue weighted by molar-refractivity contribution is -0.149. The minimum atomic E-state index is -0.264. The van der Waals surface area contributed by atoms with E-state index in [1.54, 1.807) is 18.2 Å². The normalized spacial score (nSPS) is 19.2. The summed E-state index contributed by atoms with van der Waals surface area (Å²) in [5, 5.41) is 1.16. The van der Waals surface area contributed by atoms with Crippen molar-refractivity contribution >= 4 is 52.5 Å². The molecule has 34 heavy (non-hydrogen) atoms. The standard InChI is InChI=1S/C25H28Cl2N2O4S/c1-17-15-28(9-10-29(17)20-4-2-3-19(26)14-20)25(31)18-5-6-23(22(27)13-18)34-16-24(30)33-21-7-11-32-12-8-21/h2-6,13-14,17,21H,7-12,15-16H2,1H3. The van der Waals surface area contributed by atoms with Crippen LogP contribution in [0.4, 0.5) is 5.69 Å². The van der Waals surface area contributed by atoms with Crippen molar-refractivity contribution in [2.24, 2.45) is 0 Å². The Balaban J connectivity index is 1.31. The number of carbonyl (C=O) groups is 2. The molecule has 2 aliphatic heterocycles. The third kappa shape index (κ3) is 6.39. The zero-order valence-corrected chi connectivity index (χ0v) is 21.4. The highest BCUT2D eigenvalue weighted by Gasteiger charge is 2.28. The van der Waals surface area contributed by atoms with Gasteiger partial charge in [0.15, 0.2) is 0 Å². The predicted molar refractivity (Wildman–Crippen MR) is 136 cm³/mol. The highest BCUT2D eigenvalue weighted by molar-refractivity contribution is 8.00. The molecule has 0 bridgehead atoms. The van der Waals surface area contributed by atoms with Gasteiger partial charge in [0.05, 0.1) is 24.0 Å². The quantitative estimate of drug-likeness (QED) is 0.385. The van der Waals surface area contributed by atoms with Crippen molar-refractivity contribution in [3.8, 4) is 0 Å². The summed E-state index contributed by atoms with van der Waals surface area (Å²) in [6.45, 7) is 5.30. The van der Waals surface area contributed by atoms with E-state index in [4.69, 9.17) is 32.7 Å². The number of hydrogen-bond donors (Lipinski definition) is 0. The number of ether oxygens (including phenoxy) is 2. The first-order chi connectivity index (χ1) is 16.4. The van der Waals surface area contributed by atoms with Crippen molar-refractivity contribution in [3.63, 3.8) is 0 Å². The molecule has 0 aromatic heterocycles. The molecule has 9 heteroatoms. The van der Waals surface area contributed by atoms with Crippen molar-refractivity contribution in [1.29, 1.82) is 0 Å². The van der Waals surface area contributed by atoms with Gasteiger partial charge in [-0.15, -0.1) is 11.8 Å². The Morgan fingerprint density at radius 3 is 2.62 bits per heavy atom. The molecule has 0 saturated carbocycles. The van der Waals surface area contributed by atoms with Crippen LogP contribution in [0.25, 0.3) is 0 Å². The van der Waals surface area contributed by atoms with Gasteiger partial charge < -0.3 is 19.3 Å². The zero-order chi connectivity index (χ0) is 24.1. The summed E-state index contributed by atoms with van der Waals surface area (Å²) >= 11 is 13.9. The largest absolute Gasteiger partial charge is 0.462 e. The van der Waals surface area contributed by atoms with Gasteiger partial charge in [0.25, 0.3) is 5.91 Å². The number of carbonyl (C=O) groups excluding carboxylic acids is 2. The molecule has 0 N–H and O–H groups in total. The molecule has 0 radical (unpaired) electrons. The Bertz CT molecular complexity index is 1030. The van der Waals surface area contributed by atoms with Gasteiger partial charge in [0.1, 0.15) is 6.10 Å². The fourth-order valence-electron chi connectivity index (χ4n) is 4.26. The van der Waals surface area contributed by atoms with Crippen molar-refractivity contribution < 1.29 is 19.1 Å². The molecule has 0 aliphatic carbocycles. The topological polar surface area (TPSA) is 59.1 Å². The van der Waals surface area contributed by atoms with Crippen LogP contribution in [0.15, 0.2) is 47.4 Å². The van der Waals surface area contributed by atoms with Gasteiger partial charge in [-0.1, -0.05) is 29.3 Å². The monoisotopic (exact) mass is 522 g/mol. The molecular weight excluding hydrogens is 495 g/mol. The maximum absolute atomic E-state index is 13.1. The van der Waals surface area contributed by atoms with Gasteiger partial charge in [0, 0.05) is 59.7 Å². The average Bonchev–Trinajstić information content (AvgIpc) is 2.83. The van der Waals surface area contributed by atoms with E-state index in [-0.39, 0.29) is 29.8 Å². The molecule has 2 aliphatic rings.